The van der Waals surface area contributed by atoms with Crippen molar-refractivity contribution < 1.29 is 74.8 Å². The van der Waals surface area contributed by atoms with Gasteiger partial charge in [-0.15, -0.1) is 0 Å². The molecule has 4 aliphatic rings. The smallest absolute Gasteiger partial charge is 0.457 e. The number of diazo groups is 4. The predicted molar refractivity (Wildman–Crippen MR) is 392 cm³/mol. The zero-order valence-corrected chi connectivity index (χ0v) is 59.1. The second-order valence-corrected chi connectivity index (χ2v) is 25.4. The van der Waals surface area contributed by atoms with Crippen LogP contribution in [0.2, 0.25) is 0 Å². The maximum absolute atomic E-state index is 9.25. The van der Waals surface area contributed by atoms with E-state index in [1.807, 2.05) is 27.7 Å². The summed E-state index contributed by atoms with van der Waals surface area (Å²) in [5, 5.41) is 36.8. The number of ether oxygens (including phenoxy) is 4. The van der Waals surface area contributed by atoms with Crippen molar-refractivity contribution >= 4 is 74.8 Å². The first-order chi connectivity index (χ1) is 51.3. The predicted octanol–water partition coefficient (Wildman–Crippen LogP) is 20.0. The van der Waals surface area contributed by atoms with E-state index in [-0.39, 0.29) is 31.8 Å². The van der Waals surface area contributed by atoms with Crippen LogP contribution >= 0.6 is 0 Å². The lowest BCUT2D eigenvalue weighted by molar-refractivity contribution is -0.0213. The quantitative estimate of drug-likeness (QED) is 0.0389. The number of benzene rings is 8. The lowest BCUT2D eigenvalue weighted by atomic mass is 9.90. The molecule has 106 heavy (non-hydrogen) atoms. The molecule has 28 nitrogen and oxygen atoms in total. The van der Waals surface area contributed by atoms with Crippen molar-refractivity contribution in [2.24, 2.45) is 5.41 Å². The molecule has 0 atom stereocenters. The highest BCUT2D eigenvalue weighted by molar-refractivity contribution is 6.38. The van der Waals surface area contributed by atoms with Crippen molar-refractivity contribution in [1.29, 1.82) is 21.6 Å². The third-order valence-electron chi connectivity index (χ3n) is 16.2. The van der Waals surface area contributed by atoms with Gasteiger partial charge in [-0.2, -0.15) is 0 Å². The average molecular weight is 1430 g/mol. The minimum Gasteiger partial charge on any atom is -0.457 e. The topological polar surface area (TPSA) is 278 Å². The van der Waals surface area contributed by atoms with E-state index in [1.165, 1.54) is 0 Å². The van der Waals surface area contributed by atoms with Crippen LogP contribution < -0.4 is 18.9 Å². The molecule has 4 aliphatic heterocycles. The van der Waals surface area contributed by atoms with E-state index >= 15 is 0 Å². The summed E-state index contributed by atoms with van der Waals surface area (Å²) in [6.07, 6.45) is 2.71. The summed E-state index contributed by atoms with van der Waals surface area (Å²) in [6.45, 7) is 43.8. The molecule has 4 fully saturated rings. The molecule has 32 heteroatoms. The van der Waals surface area contributed by atoms with Crippen LogP contribution in [0.25, 0.3) is 39.3 Å². The van der Waals surface area contributed by atoms with Crippen LogP contribution in [-0.2, 0) is 82.3 Å². The van der Waals surface area contributed by atoms with Crippen LogP contribution in [-0.4, -0.2) is 80.1 Å². The normalized spacial score (nSPS) is 15.2. The van der Waals surface area contributed by atoms with Gasteiger partial charge in [-0.05, 0) is 144 Å². The summed E-state index contributed by atoms with van der Waals surface area (Å²) in [5.41, 5.74) is 5.17. The van der Waals surface area contributed by atoms with E-state index in [2.05, 4.69) is 53.1 Å². The largest absolute Gasteiger partial charge is 0.640 e. The third-order valence-corrected chi connectivity index (χ3v) is 16.2. The molecule has 0 amide bonds. The van der Waals surface area contributed by atoms with Gasteiger partial charge < -0.3 is 74.8 Å². The minimum absolute atomic E-state index is 0.0397. The fourth-order valence-electron chi connectivity index (χ4n) is 9.78. The molecule has 4 saturated heterocycles. The summed E-state index contributed by atoms with van der Waals surface area (Å²) < 4.78 is 90.0. The second-order valence-electron chi connectivity index (χ2n) is 25.4. The van der Waals surface area contributed by atoms with Gasteiger partial charge in [-0.1, -0.05) is 62.4 Å². The summed E-state index contributed by atoms with van der Waals surface area (Å²) in [7, 11) is -3.02. The van der Waals surface area contributed by atoms with Crippen molar-refractivity contribution in [3.05, 3.63) is 258 Å². The van der Waals surface area contributed by atoms with E-state index < -0.39 is 40.5 Å². The maximum atomic E-state index is 9.25. The van der Waals surface area contributed by atoms with Crippen LogP contribution in [0.4, 0.5) is 45.5 Å². The van der Waals surface area contributed by atoms with Gasteiger partial charge in [0.15, 0.2) is 42.7 Å². The van der Waals surface area contributed by atoms with Gasteiger partial charge in [0, 0.05) is 69.3 Å². The highest BCUT2D eigenvalue weighted by atomic mass is 16.8. The molecule has 4 heterocycles. The average Bonchev–Trinajstić information content (AvgIpc) is 1.64. The highest BCUT2D eigenvalue weighted by Gasteiger charge is 2.53. The maximum Gasteiger partial charge on any atom is 0.640 e. The van der Waals surface area contributed by atoms with Gasteiger partial charge in [-0.3, -0.25) is 0 Å². The molecule has 0 aliphatic carbocycles. The highest BCUT2D eigenvalue weighted by Crippen LogP contribution is 2.39. The Morgan fingerprint density at radius 3 is 0.811 bits per heavy atom. The van der Waals surface area contributed by atoms with Crippen molar-refractivity contribution in [3.8, 4) is 46.0 Å². The molecule has 0 saturated carbocycles. The lowest BCUT2D eigenvalue weighted by Crippen LogP contribution is -2.42. The lowest BCUT2D eigenvalue weighted by Gasteiger charge is -2.31. The Labute approximate surface area is 615 Å². The molecule has 12 rings (SSSR count). The molecule has 0 aromatic heterocycles. The molecule has 0 N–H and O–H groups in total. The standard InChI is InChI=1S/C20H21BN3O4.C19H19BN3O4.C18H17BN3O4.C17H15BN3O4/c1-19(2)20(3,4)28-21(27-19)25-13-14-12-17(10-11-18(14)24-22)26-16-8-6-15(23-5)7-9-16;1-19(2)12-25-20(26-13-19)24-11-14-10-17(8-9-18(14)23-21)27-16-6-4-15(22-3)5-7-16;1-21-15-4-6-16(7-5-15)26-17-8-9-18(22-20)14(12-17)13-25-19-23-10-2-3-11-24-19;1-20-14-3-5-15(6-4-14)25-16-7-8-17(21-19)13(11-16)12-24-18-22-9-2-10-23-18/h6-12H,13H2,1-4H3;4-10H,11-13H2,1-2H3;4-9,12H,2-3,10-11,13H2;3-8,11H,2,9-10,12H2/q4*+1. The second kappa shape index (κ2) is 38.8. The molecule has 0 bridgehead atoms. The zero-order valence-electron chi connectivity index (χ0n) is 59.1. The number of rotatable bonds is 20. The first-order valence-electron chi connectivity index (χ1n) is 33.3. The monoisotopic (exact) mass is 1430 g/mol. The number of hydrogen-bond donors (Lipinski definition) is 0. The molecule has 8 aromatic carbocycles. The van der Waals surface area contributed by atoms with Crippen LogP contribution in [0.1, 0.15) is 83.1 Å². The van der Waals surface area contributed by atoms with E-state index in [0.29, 0.717) is 153 Å². The van der Waals surface area contributed by atoms with Crippen molar-refractivity contribution in [3.63, 3.8) is 0 Å². The SMILES string of the molecule is [C-]#[N+]c1ccc(Oc2ccc([N+]#N)c(COB3OC(C)(C)C(C)(C)O3)c2)cc1.[C-]#[N+]c1ccc(Oc2ccc([N+]#N)c(COB3OCC(C)(C)CO3)c2)cc1.[C-]#[N+]c1ccc(Oc2ccc([N+]#N)c(COB3OCCCCO3)c2)cc1.[C-]#[N+]c1ccc(Oc2ccc([N+]#N)c(COB3OCCCO3)c2)cc1. The van der Waals surface area contributed by atoms with Crippen LogP contribution in [0.15, 0.2) is 170 Å². The summed E-state index contributed by atoms with van der Waals surface area (Å²) in [4.78, 5) is 26.5. The van der Waals surface area contributed by atoms with Gasteiger partial charge in [0.25, 0.3) is 0 Å². The number of hydrogen-bond acceptors (Lipinski definition) is 20. The first-order valence-corrected chi connectivity index (χ1v) is 33.3. The van der Waals surface area contributed by atoms with Gasteiger partial charge >= 0.3 is 52.0 Å². The Morgan fingerprint density at radius 1 is 0.321 bits per heavy atom. The Morgan fingerprint density at radius 2 is 0.557 bits per heavy atom. The van der Waals surface area contributed by atoms with Crippen LogP contribution in [0.5, 0.6) is 46.0 Å². The Bertz CT molecular complexity index is 4610. The van der Waals surface area contributed by atoms with E-state index in [9.17, 15) is 16.2 Å². The zero-order chi connectivity index (χ0) is 75.3. The van der Waals surface area contributed by atoms with E-state index in [4.69, 9.17) is 106 Å². The molecule has 0 spiro atoms. The summed E-state index contributed by atoms with van der Waals surface area (Å²) in [5.74, 6) is 4.64. The van der Waals surface area contributed by atoms with Crippen molar-refractivity contribution in [2.75, 3.05) is 39.6 Å². The Balaban J connectivity index is 0.000000164. The van der Waals surface area contributed by atoms with Gasteiger partial charge in [-0.25, -0.2) is 19.4 Å². The molecule has 8 aromatic rings. The molecule has 0 radical (unpaired) electrons. The number of nitrogens with zero attached hydrogens (tertiary/aromatic N) is 12. The third kappa shape index (κ3) is 23.7. The van der Waals surface area contributed by atoms with E-state index in [0.717, 1.165) is 19.3 Å². The molecule has 532 valence electrons. The van der Waals surface area contributed by atoms with Crippen molar-refractivity contribution in [2.45, 2.75) is 98.4 Å². The Hall–Kier alpha value is -11.6. The summed E-state index contributed by atoms with van der Waals surface area (Å²) >= 11 is 0. The first kappa shape index (κ1) is 78.5. The van der Waals surface area contributed by atoms with Gasteiger partial charge in [0.05, 0.1) is 86.2 Å². The Kier molecular flexibility index (Phi) is 28.7. The fourth-order valence-corrected chi connectivity index (χ4v) is 9.78. The summed E-state index contributed by atoms with van der Waals surface area (Å²) in [6, 6.07) is 47.4. The van der Waals surface area contributed by atoms with Crippen LogP contribution in [0.3, 0.4) is 0 Å². The molecule has 0 unspecified atom stereocenters. The van der Waals surface area contributed by atoms with Gasteiger partial charge in [0.2, 0.25) is 21.6 Å². The van der Waals surface area contributed by atoms with Crippen molar-refractivity contribution in [1.82, 2.24) is 0 Å². The fraction of sp³-hybridized carbons (Fsp3) is 0.297. The molecular weight excluding hydrogens is 1360 g/mol. The van der Waals surface area contributed by atoms with Crippen LogP contribution in [0, 0.1) is 53.3 Å². The van der Waals surface area contributed by atoms with E-state index in [1.54, 1.807) is 170 Å². The minimum atomic E-state index is -0.817. The molecular formula is C74H72B4N12O16+4. The van der Waals surface area contributed by atoms with Gasteiger partial charge in [0.1, 0.15) is 46.0 Å².